The van der Waals surface area contributed by atoms with Crippen molar-refractivity contribution in [2.24, 2.45) is 5.10 Å². The van der Waals surface area contributed by atoms with Gasteiger partial charge in [-0.1, -0.05) is 47.7 Å². The minimum atomic E-state index is -0.292. The second-order valence-electron chi connectivity index (χ2n) is 7.10. The number of hydrogen-bond acceptors (Lipinski definition) is 6. The molecule has 4 aromatic rings. The van der Waals surface area contributed by atoms with Crippen LogP contribution in [0.3, 0.4) is 0 Å². The molecule has 3 aromatic carbocycles. The summed E-state index contributed by atoms with van der Waals surface area (Å²) in [4.78, 5) is 18.1. The minimum Gasteiger partial charge on any atom is -0.486 e. The van der Waals surface area contributed by atoms with Crippen LogP contribution in [0.5, 0.6) is 11.5 Å². The Balaban J connectivity index is 1.55. The zero-order valence-corrected chi connectivity index (χ0v) is 17.6. The quantitative estimate of drug-likeness (QED) is 0.336. The summed E-state index contributed by atoms with van der Waals surface area (Å²) in [6, 6.07) is 20.8. The first kappa shape index (κ1) is 19.3. The van der Waals surface area contributed by atoms with Crippen LogP contribution < -0.4 is 14.5 Å². The van der Waals surface area contributed by atoms with Crippen LogP contribution in [0.25, 0.3) is 10.2 Å². The molecule has 7 heteroatoms. The van der Waals surface area contributed by atoms with Crippen LogP contribution in [0, 0.1) is 6.92 Å². The van der Waals surface area contributed by atoms with Crippen molar-refractivity contribution in [3.8, 4) is 11.5 Å². The van der Waals surface area contributed by atoms with E-state index in [0.717, 1.165) is 21.3 Å². The number of benzene rings is 3. The first-order valence-corrected chi connectivity index (χ1v) is 10.7. The molecule has 31 heavy (non-hydrogen) atoms. The lowest BCUT2D eigenvalue weighted by molar-refractivity contribution is 0.0986. The van der Waals surface area contributed by atoms with Crippen molar-refractivity contribution in [2.75, 3.05) is 18.2 Å². The smallest absolute Gasteiger partial charge is 0.280 e. The van der Waals surface area contributed by atoms with Gasteiger partial charge in [-0.15, -0.1) is 0 Å². The summed E-state index contributed by atoms with van der Waals surface area (Å²) in [7, 11) is 0. The molecule has 1 aliphatic rings. The lowest BCUT2D eigenvalue weighted by atomic mass is 10.2. The van der Waals surface area contributed by atoms with Gasteiger partial charge in [0.2, 0.25) is 5.13 Å². The Kier molecular flexibility index (Phi) is 5.09. The highest BCUT2D eigenvalue weighted by molar-refractivity contribution is 7.22. The number of thiazole rings is 1. The maximum atomic E-state index is 13.5. The summed E-state index contributed by atoms with van der Waals surface area (Å²) >= 11 is 1.43. The molecule has 1 aliphatic heterocycles. The fourth-order valence-electron chi connectivity index (χ4n) is 3.26. The molecule has 0 aliphatic carbocycles. The molecule has 0 N–H and O–H groups in total. The fourth-order valence-corrected chi connectivity index (χ4v) is 4.28. The standard InChI is InChI=1S/C24H19N3O3S/c1-16-7-9-19-22(13-16)31-24(26-19)27(25-15-17-5-3-2-4-6-17)23(28)18-8-10-20-21(14-18)30-12-11-29-20/h2-10,13-15H,11-12H2,1H3/b25-15+. The van der Waals surface area contributed by atoms with E-state index in [4.69, 9.17) is 9.47 Å². The average molecular weight is 430 g/mol. The van der Waals surface area contributed by atoms with Gasteiger partial charge in [0.25, 0.3) is 5.91 Å². The maximum absolute atomic E-state index is 13.5. The van der Waals surface area contributed by atoms with Crippen molar-refractivity contribution in [3.63, 3.8) is 0 Å². The Morgan fingerprint density at radius 2 is 1.84 bits per heavy atom. The highest BCUT2D eigenvalue weighted by Crippen LogP contribution is 2.34. The number of hydrazone groups is 1. The second kappa shape index (κ2) is 8.20. The van der Waals surface area contributed by atoms with Crippen molar-refractivity contribution < 1.29 is 14.3 Å². The molecule has 0 saturated carbocycles. The van der Waals surface area contributed by atoms with Gasteiger partial charge in [-0.25, -0.2) is 4.98 Å². The molecule has 0 bridgehead atoms. The SMILES string of the molecule is Cc1ccc2nc(N(/N=C/c3ccccc3)C(=O)c3ccc4c(c3)OCCO4)sc2c1. The Hall–Kier alpha value is -3.71. The lowest BCUT2D eigenvalue weighted by Crippen LogP contribution is -2.26. The highest BCUT2D eigenvalue weighted by atomic mass is 32.1. The molecule has 0 spiro atoms. The van der Waals surface area contributed by atoms with Crippen LogP contribution >= 0.6 is 11.3 Å². The van der Waals surface area contributed by atoms with Gasteiger partial charge in [-0.05, 0) is 48.4 Å². The van der Waals surface area contributed by atoms with Crippen molar-refractivity contribution >= 4 is 38.8 Å². The van der Waals surface area contributed by atoms with Gasteiger partial charge < -0.3 is 9.47 Å². The monoisotopic (exact) mass is 429 g/mol. The van der Waals surface area contributed by atoms with Crippen LogP contribution in [0.4, 0.5) is 5.13 Å². The molecule has 0 radical (unpaired) electrons. The van der Waals surface area contributed by atoms with Crippen LogP contribution in [0.15, 0.2) is 71.8 Å². The van der Waals surface area contributed by atoms with E-state index < -0.39 is 0 Å². The predicted molar refractivity (Wildman–Crippen MR) is 123 cm³/mol. The van der Waals surface area contributed by atoms with E-state index in [9.17, 15) is 4.79 Å². The third-order valence-corrected chi connectivity index (χ3v) is 5.81. The summed E-state index contributed by atoms with van der Waals surface area (Å²) in [5.74, 6) is 0.904. The number of carbonyl (C=O) groups is 1. The number of carbonyl (C=O) groups excluding carboxylic acids is 1. The third kappa shape index (κ3) is 4.00. The second-order valence-corrected chi connectivity index (χ2v) is 8.11. The molecule has 0 unspecified atom stereocenters. The van der Waals surface area contributed by atoms with Crippen LogP contribution in [-0.4, -0.2) is 30.3 Å². The van der Waals surface area contributed by atoms with Gasteiger partial charge in [0.1, 0.15) is 13.2 Å². The molecule has 6 nitrogen and oxygen atoms in total. The summed E-state index contributed by atoms with van der Waals surface area (Å²) in [5, 5.41) is 6.36. The molecule has 0 atom stereocenters. The summed E-state index contributed by atoms with van der Waals surface area (Å²) < 4.78 is 12.2. The van der Waals surface area contributed by atoms with Gasteiger partial charge in [0.15, 0.2) is 11.5 Å². The van der Waals surface area contributed by atoms with Gasteiger partial charge in [0, 0.05) is 5.56 Å². The van der Waals surface area contributed by atoms with E-state index in [1.165, 1.54) is 16.3 Å². The lowest BCUT2D eigenvalue weighted by Gasteiger charge is -2.19. The zero-order valence-electron chi connectivity index (χ0n) is 16.8. The Morgan fingerprint density at radius 1 is 1.03 bits per heavy atom. The normalized spacial score (nSPS) is 12.9. The van der Waals surface area contributed by atoms with Crippen LogP contribution in [0.2, 0.25) is 0 Å². The number of hydrogen-bond donors (Lipinski definition) is 0. The first-order valence-electron chi connectivity index (χ1n) is 9.88. The molecule has 0 fully saturated rings. The number of anilines is 1. The number of rotatable bonds is 4. The fraction of sp³-hybridized carbons (Fsp3) is 0.125. The van der Waals surface area contributed by atoms with Crippen molar-refractivity contribution in [2.45, 2.75) is 6.92 Å². The van der Waals surface area contributed by atoms with Crippen LogP contribution in [0.1, 0.15) is 21.5 Å². The number of amides is 1. The molecule has 1 aromatic heterocycles. The van der Waals surface area contributed by atoms with Crippen molar-refractivity contribution in [1.29, 1.82) is 0 Å². The van der Waals surface area contributed by atoms with E-state index in [0.29, 0.717) is 35.4 Å². The maximum Gasteiger partial charge on any atom is 0.280 e. The van der Waals surface area contributed by atoms with Gasteiger partial charge in [0.05, 0.1) is 16.4 Å². The minimum absolute atomic E-state index is 0.292. The Labute approximate surface area is 183 Å². The number of nitrogens with zero attached hydrogens (tertiary/aromatic N) is 3. The van der Waals surface area contributed by atoms with E-state index >= 15 is 0 Å². The van der Waals surface area contributed by atoms with Gasteiger partial charge >= 0.3 is 0 Å². The van der Waals surface area contributed by atoms with E-state index in [2.05, 4.69) is 16.2 Å². The Bertz CT molecular complexity index is 1280. The average Bonchev–Trinajstić information content (AvgIpc) is 3.22. The molecule has 154 valence electrons. The highest BCUT2D eigenvalue weighted by Gasteiger charge is 2.23. The number of aryl methyl sites for hydroxylation is 1. The van der Waals surface area contributed by atoms with Crippen molar-refractivity contribution in [3.05, 3.63) is 83.4 Å². The summed E-state index contributed by atoms with van der Waals surface area (Å²) in [6.45, 7) is 2.99. The van der Waals surface area contributed by atoms with Crippen molar-refractivity contribution in [1.82, 2.24) is 4.98 Å². The molecule has 2 heterocycles. The topological polar surface area (TPSA) is 64.0 Å². The third-order valence-electron chi connectivity index (χ3n) is 4.82. The molecule has 1 amide bonds. The Morgan fingerprint density at radius 3 is 2.68 bits per heavy atom. The molecule has 0 saturated heterocycles. The zero-order chi connectivity index (χ0) is 21.2. The van der Waals surface area contributed by atoms with Crippen LogP contribution in [-0.2, 0) is 0 Å². The van der Waals surface area contributed by atoms with E-state index in [1.54, 1.807) is 24.4 Å². The van der Waals surface area contributed by atoms with E-state index in [1.807, 2.05) is 49.4 Å². The largest absolute Gasteiger partial charge is 0.486 e. The summed E-state index contributed by atoms with van der Waals surface area (Å²) in [6.07, 6.45) is 1.66. The van der Waals surface area contributed by atoms with E-state index in [-0.39, 0.29) is 5.91 Å². The number of aromatic nitrogens is 1. The predicted octanol–water partition coefficient (Wildman–Crippen LogP) is 5.06. The number of ether oxygens (including phenoxy) is 2. The van der Waals surface area contributed by atoms with Gasteiger partial charge in [-0.3, -0.25) is 4.79 Å². The molecule has 5 rings (SSSR count). The van der Waals surface area contributed by atoms with Gasteiger partial charge in [-0.2, -0.15) is 10.1 Å². The molecular weight excluding hydrogens is 410 g/mol. The summed E-state index contributed by atoms with van der Waals surface area (Å²) in [5.41, 5.74) is 3.31. The first-order chi connectivity index (χ1) is 15.2. The molecular formula is C24H19N3O3S. The number of fused-ring (bicyclic) bond motifs is 2.